The summed E-state index contributed by atoms with van der Waals surface area (Å²) in [5.41, 5.74) is 6.33. The van der Waals surface area contributed by atoms with E-state index in [0.717, 1.165) is 73.6 Å². The molecular weight excluding hydrogens is 478 g/mol. The van der Waals surface area contributed by atoms with Crippen LogP contribution in [-0.4, -0.2) is 60.3 Å². The number of hydrogen-bond acceptors (Lipinski definition) is 6. The van der Waals surface area contributed by atoms with Gasteiger partial charge in [0.15, 0.2) is 0 Å². The van der Waals surface area contributed by atoms with Crippen LogP contribution in [0, 0.1) is 0 Å². The van der Waals surface area contributed by atoms with Crippen LogP contribution in [-0.2, 0) is 11.2 Å². The largest absolute Gasteiger partial charge is 0.492 e. The summed E-state index contributed by atoms with van der Waals surface area (Å²) in [4.78, 5) is 24.8. The van der Waals surface area contributed by atoms with Gasteiger partial charge in [-0.25, -0.2) is 9.78 Å². The van der Waals surface area contributed by atoms with Gasteiger partial charge in [0.1, 0.15) is 23.7 Å². The molecule has 0 radical (unpaired) electrons. The van der Waals surface area contributed by atoms with Gasteiger partial charge in [0.2, 0.25) is 0 Å². The third-order valence-corrected chi connectivity index (χ3v) is 6.81. The molecule has 0 bridgehead atoms. The van der Waals surface area contributed by atoms with Gasteiger partial charge in [0.25, 0.3) is 0 Å². The number of para-hydroxylation sites is 1. The van der Waals surface area contributed by atoms with E-state index in [1.54, 1.807) is 12.1 Å². The number of amides is 1. The Balaban J connectivity index is 1.13. The normalized spacial score (nSPS) is 13.9. The smallest absolute Gasteiger partial charge is 0.416 e. The molecule has 1 amide bonds. The molecule has 0 unspecified atom stereocenters. The van der Waals surface area contributed by atoms with Crippen LogP contribution in [0.25, 0.3) is 22.4 Å². The van der Waals surface area contributed by atoms with Gasteiger partial charge >= 0.3 is 6.09 Å². The first-order valence-electron chi connectivity index (χ1n) is 13.0. The van der Waals surface area contributed by atoms with E-state index >= 15 is 0 Å². The summed E-state index contributed by atoms with van der Waals surface area (Å²) < 4.78 is 10.6. The minimum Gasteiger partial charge on any atom is -0.492 e. The second kappa shape index (κ2) is 11.8. The molecule has 8 heteroatoms. The molecule has 0 atom stereocenters. The molecule has 3 aromatic carbocycles. The first kappa shape index (κ1) is 25.4. The van der Waals surface area contributed by atoms with Crippen molar-refractivity contribution in [1.82, 2.24) is 14.9 Å². The summed E-state index contributed by atoms with van der Waals surface area (Å²) in [7, 11) is 0. The molecule has 1 aromatic heterocycles. The fourth-order valence-corrected chi connectivity index (χ4v) is 4.67. The molecule has 1 aliphatic heterocycles. The lowest BCUT2D eigenvalue weighted by Gasteiger charge is -2.36. The number of nitrogens with one attached hydrogen (secondary N) is 2. The van der Waals surface area contributed by atoms with Crippen LogP contribution < -0.4 is 15.0 Å². The predicted molar refractivity (Wildman–Crippen MR) is 152 cm³/mol. The maximum atomic E-state index is 11.5. The number of aryl methyl sites for hydroxylation is 1. The molecule has 0 spiro atoms. The van der Waals surface area contributed by atoms with E-state index in [4.69, 9.17) is 9.72 Å². The first-order valence-corrected chi connectivity index (χ1v) is 13.0. The molecule has 1 aliphatic rings. The van der Waals surface area contributed by atoms with Gasteiger partial charge in [-0.15, -0.1) is 0 Å². The molecule has 1 fully saturated rings. The molecule has 196 valence electrons. The summed E-state index contributed by atoms with van der Waals surface area (Å²) in [5.74, 6) is 1.67. The summed E-state index contributed by atoms with van der Waals surface area (Å²) >= 11 is 0. The summed E-state index contributed by atoms with van der Waals surface area (Å²) in [6.07, 6.45) is 1.55. The van der Waals surface area contributed by atoms with E-state index in [0.29, 0.717) is 12.3 Å². The highest BCUT2D eigenvalue weighted by atomic mass is 16.5. The monoisotopic (exact) mass is 511 g/mol. The zero-order chi connectivity index (χ0) is 26.3. The van der Waals surface area contributed by atoms with E-state index in [9.17, 15) is 4.79 Å². The molecule has 38 heavy (non-hydrogen) atoms. The number of hydrogen-bond donors (Lipinski definition) is 2. The SMILES string of the molecule is C=COC(=O)Nc1ccc(OCCN2CCN(c3cccc4[nH]c(-c5ccc(CC)cc5)nc34)CC2)cc1. The maximum Gasteiger partial charge on any atom is 0.416 e. The van der Waals surface area contributed by atoms with Crippen molar-refractivity contribution in [3.63, 3.8) is 0 Å². The highest BCUT2D eigenvalue weighted by Gasteiger charge is 2.20. The summed E-state index contributed by atoms with van der Waals surface area (Å²) in [6.45, 7) is 10.8. The topological polar surface area (TPSA) is 82.7 Å². The summed E-state index contributed by atoms with van der Waals surface area (Å²) in [6, 6.07) is 22.2. The Morgan fingerprint density at radius 2 is 1.82 bits per heavy atom. The number of ether oxygens (including phenoxy) is 2. The lowest BCUT2D eigenvalue weighted by atomic mass is 10.1. The van der Waals surface area contributed by atoms with Gasteiger partial charge in [-0.1, -0.05) is 43.8 Å². The van der Waals surface area contributed by atoms with E-state index in [1.165, 1.54) is 11.3 Å². The van der Waals surface area contributed by atoms with Gasteiger partial charge in [0.05, 0.1) is 17.5 Å². The Bertz CT molecular complexity index is 1370. The summed E-state index contributed by atoms with van der Waals surface area (Å²) in [5, 5.41) is 2.61. The Morgan fingerprint density at radius 3 is 2.53 bits per heavy atom. The van der Waals surface area contributed by atoms with E-state index in [1.807, 2.05) is 12.1 Å². The number of piperazine rings is 1. The zero-order valence-corrected chi connectivity index (χ0v) is 21.7. The Kier molecular flexibility index (Phi) is 7.89. The molecule has 2 heterocycles. The number of anilines is 2. The van der Waals surface area contributed by atoms with Crippen LogP contribution in [0.2, 0.25) is 0 Å². The highest BCUT2D eigenvalue weighted by molar-refractivity contribution is 5.91. The Morgan fingerprint density at radius 1 is 1.05 bits per heavy atom. The average molecular weight is 512 g/mol. The number of aromatic nitrogens is 2. The number of nitrogens with zero attached hydrogens (tertiary/aromatic N) is 3. The number of carbonyl (C=O) groups is 1. The lowest BCUT2D eigenvalue weighted by molar-refractivity contribution is 0.200. The molecule has 8 nitrogen and oxygen atoms in total. The van der Waals surface area contributed by atoms with Gasteiger partial charge in [0, 0.05) is 44.0 Å². The van der Waals surface area contributed by atoms with Crippen LogP contribution >= 0.6 is 0 Å². The number of benzene rings is 3. The van der Waals surface area contributed by atoms with Crippen LogP contribution in [0.4, 0.5) is 16.2 Å². The van der Waals surface area contributed by atoms with Crippen molar-refractivity contribution < 1.29 is 14.3 Å². The molecule has 2 N–H and O–H groups in total. The minimum atomic E-state index is -0.571. The van der Waals surface area contributed by atoms with Crippen LogP contribution in [0.1, 0.15) is 12.5 Å². The van der Waals surface area contributed by atoms with Gasteiger partial charge < -0.3 is 19.4 Å². The molecule has 1 saturated heterocycles. The maximum absolute atomic E-state index is 11.5. The standard InChI is InChI=1S/C30H33N5O3/c1-3-22-8-10-23(11-9-22)29-32-26-6-5-7-27(28(26)33-29)35-18-16-34(17-19-35)20-21-38-25-14-12-24(13-15-25)31-30(36)37-4-2/h4-15H,2-3,16-21H2,1H3,(H,31,36)(H,32,33). The second-order valence-electron chi connectivity index (χ2n) is 9.21. The van der Waals surface area contributed by atoms with Crippen LogP contribution in [0.15, 0.2) is 79.6 Å². The van der Waals surface area contributed by atoms with Gasteiger partial charge in [-0.3, -0.25) is 10.2 Å². The number of H-pyrrole nitrogens is 1. The number of imidazole rings is 1. The van der Waals surface area contributed by atoms with Crippen molar-refractivity contribution in [3.05, 3.63) is 85.1 Å². The van der Waals surface area contributed by atoms with Crippen molar-refractivity contribution in [2.45, 2.75) is 13.3 Å². The van der Waals surface area contributed by atoms with Crippen molar-refractivity contribution >= 4 is 28.5 Å². The number of rotatable bonds is 9. The fraction of sp³-hybridized carbons (Fsp3) is 0.267. The third-order valence-electron chi connectivity index (χ3n) is 6.81. The fourth-order valence-electron chi connectivity index (χ4n) is 4.67. The van der Waals surface area contributed by atoms with Crippen LogP contribution in [0.3, 0.4) is 0 Å². The van der Waals surface area contributed by atoms with Crippen molar-refractivity contribution in [2.75, 3.05) is 49.5 Å². The molecule has 4 aromatic rings. The Labute approximate surface area is 222 Å². The van der Waals surface area contributed by atoms with Crippen molar-refractivity contribution in [3.8, 4) is 17.1 Å². The molecule has 5 rings (SSSR count). The quantitative estimate of drug-likeness (QED) is 0.281. The van der Waals surface area contributed by atoms with Gasteiger partial charge in [-0.2, -0.15) is 0 Å². The van der Waals surface area contributed by atoms with Crippen molar-refractivity contribution in [1.29, 1.82) is 0 Å². The van der Waals surface area contributed by atoms with Crippen LogP contribution in [0.5, 0.6) is 5.75 Å². The van der Waals surface area contributed by atoms with Gasteiger partial charge in [-0.05, 0) is 48.4 Å². The Hall–Kier alpha value is -4.30. The second-order valence-corrected chi connectivity index (χ2v) is 9.21. The molecule has 0 aliphatic carbocycles. The molecular formula is C30H33N5O3. The van der Waals surface area contributed by atoms with Crippen molar-refractivity contribution in [2.24, 2.45) is 0 Å². The highest BCUT2D eigenvalue weighted by Crippen LogP contribution is 2.29. The predicted octanol–water partition coefficient (Wildman–Crippen LogP) is 5.69. The van der Waals surface area contributed by atoms with E-state index in [-0.39, 0.29) is 0 Å². The van der Waals surface area contributed by atoms with E-state index < -0.39 is 6.09 Å². The third kappa shape index (κ3) is 5.98. The molecule has 0 saturated carbocycles. The lowest BCUT2D eigenvalue weighted by Crippen LogP contribution is -2.47. The first-order chi connectivity index (χ1) is 18.6. The number of carbonyl (C=O) groups excluding carboxylic acids is 1. The average Bonchev–Trinajstić information content (AvgIpc) is 3.39. The minimum absolute atomic E-state index is 0.571. The number of fused-ring (bicyclic) bond motifs is 1. The number of aromatic amines is 1. The zero-order valence-electron chi connectivity index (χ0n) is 21.7. The van der Waals surface area contributed by atoms with E-state index in [2.05, 4.69) is 80.8 Å².